The number of carbonyl (C=O) groups excluding carboxylic acids is 3. The third-order valence-corrected chi connectivity index (χ3v) is 5.04. The lowest BCUT2D eigenvalue weighted by atomic mass is 10.1. The largest absolute Gasteiger partial charge is 0.493 e. The minimum absolute atomic E-state index is 0.0613. The Kier molecular flexibility index (Phi) is 6.96. The highest BCUT2D eigenvalue weighted by molar-refractivity contribution is 9.10. The third kappa shape index (κ3) is 5.24. The molecule has 1 aliphatic rings. The zero-order valence-electron chi connectivity index (χ0n) is 17.3. The molecule has 1 aliphatic heterocycles. The van der Waals surface area contributed by atoms with Crippen molar-refractivity contribution in [3.8, 4) is 11.5 Å². The van der Waals surface area contributed by atoms with E-state index >= 15 is 0 Å². The first-order valence-corrected chi connectivity index (χ1v) is 10.3. The lowest BCUT2D eigenvalue weighted by Crippen LogP contribution is -2.38. The molecular weight excluding hydrogens is 466 g/mol. The van der Waals surface area contributed by atoms with E-state index in [0.717, 1.165) is 10.5 Å². The zero-order valence-corrected chi connectivity index (χ0v) is 18.9. The van der Waals surface area contributed by atoms with Crippen molar-refractivity contribution in [2.45, 2.75) is 13.8 Å². The van der Waals surface area contributed by atoms with Crippen LogP contribution >= 0.6 is 15.9 Å². The van der Waals surface area contributed by atoms with E-state index in [0.29, 0.717) is 33.8 Å². The number of benzene rings is 2. The molecular formula is C22H22BrN3O5. The van der Waals surface area contributed by atoms with Gasteiger partial charge < -0.3 is 20.1 Å². The number of urea groups is 1. The quantitative estimate of drug-likeness (QED) is 0.458. The normalized spacial score (nSPS) is 14.6. The van der Waals surface area contributed by atoms with Crippen molar-refractivity contribution in [3.05, 3.63) is 57.7 Å². The number of amides is 4. The van der Waals surface area contributed by atoms with E-state index < -0.39 is 24.4 Å². The number of imide groups is 1. The van der Waals surface area contributed by atoms with Gasteiger partial charge in [0.2, 0.25) is 5.91 Å². The molecule has 0 bridgehead atoms. The Morgan fingerprint density at radius 1 is 1.23 bits per heavy atom. The topological polar surface area (TPSA) is 97.0 Å². The van der Waals surface area contributed by atoms with Gasteiger partial charge in [0.15, 0.2) is 11.5 Å². The fourth-order valence-corrected chi connectivity index (χ4v) is 3.54. The van der Waals surface area contributed by atoms with Crippen LogP contribution in [0.25, 0.3) is 6.08 Å². The second kappa shape index (κ2) is 9.65. The number of methoxy groups -OCH3 is 1. The summed E-state index contributed by atoms with van der Waals surface area (Å²) >= 11 is 3.43. The first-order valence-electron chi connectivity index (χ1n) is 9.53. The molecule has 0 saturated carbocycles. The van der Waals surface area contributed by atoms with E-state index in [4.69, 9.17) is 9.47 Å². The third-order valence-electron chi connectivity index (χ3n) is 4.45. The smallest absolute Gasteiger partial charge is 0.329 e. The maximum atomic E-state index is 12.7. The molecule has 31 heavy (non-hydrogen) atoms. The molecule has 0 radical (unpaired) electrons. The van der Waals surface area contributed by atoms with Gasteiger partial charge in [0.1, 0.15) is 12.2 Å². The van der Waals surface area contributed by atoms with Crippen LogP contribution in [0.3, 0.4) is 0 Å². The van der Waals surface area contributed by atoms with Crippen molar-refractivity contribution in [1.82, 2.24) is 10.2 Å². The highest BCUT2D eigenvalue weighted by atomic mass is 79.9. The van der Waals surface area contributed by atoms with E-state index in [1.54, 1.807) is 24.3 Å². The summed E-state index contributed by atoms with van der Waals surface area (Å²) in [4.78, 5) is 38.1. The first-order chi connectivity index (χ1) is 14.8. The number of hydrogen-bond acceptors (Lipinski definition) is 5. The fraction of sp³-hybridized carbons (Fsp3) is 0.227. The maximum absolute atomic E-state index is 12.7. The van der Waals surface area contributed by atoms with E-state index in [-0.39, 0.29) is 5.70 Å². The predicted octanol–water partition coefficient (Wildman–Crippen LogP) is 3.70. The van der Waals surface area contributed by atoms with E-state index in [9.17, 15) is 14.4 Å². The summed E-state index contributed by atoms with van der Waals surface area (Å²) < 4.78 is 11.6. The average Bonchev–Trinajstić information content (AvgIpc) is 2.98. The van der Waals surface area contributed by atoms with Crippen LogP contribution in [0.4, 0.5) is 10.5 Å². The van der Waals surface area contributed by atoms with Crippen molar-refractivity contribution in [1.29, 1.82) is 0 Å². The van der Waals surface area contributed by atoms with E-state index in [1.807, 2.05) is 26.0 Å². The molecule has 162 valence electrons. The van der Waals surface area contributed by atoms with Crippen molar-refractivity contribution in [2.24, 2.45) is 0 Å². The monoisotopic (exact) mass is 487 g/mol. The molecule has 9 heteroatoms. The number of halogens is 1. The van der Waals surface area contributed by atoms with Crippen molar-refractivity contribution < 1.29 is 23.9 Å². The number of hydrogen-bond donors (Lipinski definition) is 2. The summed E-state index contributed by atoms with van der Waals surface area (Å²) in [5.74, 6) is -0.0374. The summed E-state index contributed by atoms with van der Waals surface area (Å²) in [6.07, 6.45) is 1.51. The molecule has 1 saturated heterocycles. The molecule has 0 aliphatic carbocycles. The molecule has 2 N–H and O–H groups in total. The van der Waals surface area contributed by atoms with Crippen LogP contribution in [0.5, 0.6) is 11.5 Å². The standard InChI is InChI=1S/C22H22BrN3O5/c1-4-31-20-16(23)9-14(11-18(20)30-3)10-17-21(28)26(22(29)25-17)12-19(27)24-15-7-5-13(2)6-8-15/h5-11H,4,12H2,1-3H3,(H,24,27)(H,25,29)/b17-10+. The fourth-order valence-electron chi connectivity index (χ4n) is 2.97. The summed E-state index contributed by atoms with van der Waals surface area (Å²) in [5, 5.41) is 5.18. The molecule has 0 unspecified atom stereocenters. The van der Waals surface area contributed by atoms with Gasteiger partial charge in [-0.3, -0.25) is 9.59 Å². The molecule has 0 spiro atoms. The Morgan fingerprint density at radius 3 is 2.58 bits per heavy atom. The Bertz CT molecular complexity index is 1050. The Morgan fingerprint density at radius 2 is 1.94 bits per heavy atom. The first kappa shape index (κ1) is 22.4. The molecule has 1 heterocycles. The molecule has 8 nitrogen and oxygen atoms in total. The summed E-state index contributed by atoms with van der Waals surface area (Å²) in [7, 11) is 1.51. The van der Waals surface area contributed by atoms with Crippen LogP contribution in [0.1, 0.15) is 18.1 Å². The summed E-state index contributed by atoms with van der Waals surface area (Å²) in [6, 6.07) is 9.98. The van der Waals surface area contributed by atoms with Crippen LogP contribution in [0.15, 0.2) is 46.6 Å². The number of nitrogens with zero attached hydrogens (tertiary/aromatic N) is 1. The highest BCUT2D eigenvalue weighted by Gasteiger charge is 2.35. The summed E-state index contributed by atoms with van der Waals surface area (Å²) in [5.41, 5.74) is 2.32. The van der Waals surface area contributed by atoms with Gasteiger partial charge in [-0.1, -0.05) is 17.7 Å². The van der Waals surface area contributed by atoms with Gasteiger partial charge >= 0.3 is 6.03 Å². The van der Waals surface area contributed by atoms with Crippen molar-refractivity contribution in [2.75, 3.05) is 25.6 Å². The maximum Gasteiger partial charge on any atom is 0.329 e. The number of nitrogens with one attached hydrogen (secondary N) is 2. The molecule has 1 fully saturated rings. The summed E-state index contributed by atoms with van der Waals surface area (Å²) in [6.45, 7) is 3.86. The van der Waals surface area contributed by atoms with E-state index in [1.165, 1.54) is 13.2 Å². The predicted molar refractivity (Wildman–Crippen MR) is 120 cm³/mol. The SMILES string of the molecule is CCOc1c(Br)cc(/C=C2/NC(=O)N(CC(=O)Nc3ccc(C)cc3)C2=O)cc1OC. The molecule has 4 amide bonds. The molecule has 0 atom stereocenters. The van der Waals surface area contributed by atoms with Crippen LogP contribution < -0.4 is 20.1 Å². The second-order valence-electron chi connectivity index (χ2n) is 6.76. The number of rotatable bonds is 7. The van der Waals surface area contributed by atoms with Crippen LogP contribution in [0.2, 0.25) is 0 Å². The Hall–Kier alpha value is -3.33. The Balaban J connectivity index is 1.75. The van der Waals surface area contributed by atoms with Gasteiger partial charge in [-0.05, 0) is 65.7 Å². The van der Waals surface area contributed by atoms with Crippen LogP contribution in [0, 0.1) is 6.92 Å². The minimum Gasteiger partial charge on any atom is -0.493 e. The Labute approximate surface area is 188 Å². The van der Waals surface area contributed by atoms with Gasteiger partial charge in [0, 0.05) is 5.69 Å². The lowest BCUT2D eigenvalue weighted by molar-refractivity contribution is -0.127. The van der Waals surface area contributed by atoms with Crippen molar-refractivity contribution in [3.63, 3.8) is 0 Å². The molecule has 2 aromatic carbocycles. The number of aryl methyl sites for hydroxylation is 1. The lowest BCUT2D eigenvalue weighted by Gasteiger charge is -2.12. The van der Waals surface area contributed by atoms with E-state index in [2.05, 4.69) is 26.6 Å². The number of ether oxygens (including phenoxy) is 2. The molecule has 2 aromatic rings. The van der Waals surface area contributed by atoms with Gasteiger partial charge in [-0.2, -0.15) is 0 Å². The van der Waals surface area contributed by atoms with Gasteiger partial charge in [-0.25, -0.2) is 9.69 Å². The average molecular weight is 488 g/mol. The number of carbonyl (C=O) groups is 3. The second-order valence-corrected chi connectivity index (χ2v) is 7.62. The van der Waals surface area contributed by atoms with Crippen molar-refractivity contribution >= 4 is 45.5 Å². The number of anilines is 1. The zero-order chi connectivity index (χ0) is 22.5. The van der Waals surface area contributed by atoms with Gasteiger partial charge in [-0.15, -0.1) is 0 Å². The van der Waals surface area contributed by atoms with Gasteiger partial charge in [0.25, 0.3) is 5.91 Å². The van der Waals surface area contributed by atoms with Crippen LogP contribution in [-0.4, -0.2) is 43.0 Å². The molecule has 0 aromatic heterocycles. The van der Waals surface area contributed by atoms with Gasteiger partial charge in [0.05, 0.1) is 18.2 Å². The minimum atomic E-state index is -0.660. The highest BCUT2D eigenvalue weighted by Crippen LogP contribution is 2.37. The van der Waals surface area contributed by atoms with Crippen LogP contribution in [-0.2, 0) is 9.59 Å². The molecule has 3 rings (SSSR count).